The first kappa shape index (κ1) is 35.1. The fraction of sp³-hybridized carbons (Fsp3) is 0.316. The van der Waals surface area contributed by atoms with Crippen LogP contribution in [0.5, 0.6) is 5.75 Å². The van der Waals surface area contributed by atoms with Crippen LogP contribution < -0.4 is 10.1 Å². The minimum absolute atomic E-state index is 0.149. The molecule has 1 saturated heterocycles. The molecule has 1 aliphatic rings. The number of benzene rings is 4. The van der Waals surface area contributed by atoms with Crippen molar-refractivity contribution in [3.05, 3.63) is 130 Å². The van der Waals surface area contributed by atoms with Crippen LogP contribution in [0.25, 0.3) is 0 Å². The van der Waals surface area contributed by atoms with Crippen LogP contribution in [0.2, 0.25) is 5.02 Å². The molecule has 8 nitrogen and oxygen atoms in total. The average Bonchev–Trinajstić information content (AvgIpc) is 3.67. The maximum absolute atomic E-state index is 14.1. The standard InChI is InChI=1S/C38H42ClN3O5S/c1-47-34-18-11-30(12-19-34)23-24-40-38(44)36(27-31-7-3-2-4-8-31)42(28-32-9-16-33(39)17-10-32)37(43)22-15-29-13-20-35(21-14-29)48(45,46)41-25-5-6-26-41/h2-4,7-14,16-21,36H,5-6,15,22-28H2,1H3,(H,40,44)/t36-/m0/s1. The third-order valence-electron chi connectivity index (χ3n) is 8.66. The van der Waals surface area contributed by atoms with Gasteiger partial charge in [0.15, 0.2) is 0 Å². The van der Waals surface area contributed by atoms with Gasteiger partial charge in [0, 0.05) is 44.0 Å². The Hall–Kier alpha value is -4.18. The molecule has 5 rings (SSSR count). The molecule has 252 valence electrons. The summed E-state index contributed by atoms with van der Waals surface area (Å²) in [5, 5.41) is 3.67. The van der Waals surface area contributed by atoms with Crippen molar-refractivity contribution in [2.75, 3.05) is 26.7 Å². The zero-order valence-electron chi connectivity index (χ0n) is 27.2. The van der Waals surface area contributed by atoms with Crippen LogP contribution in [-0.4, -0.2) is 62.2 Å². The second kappa shape index (κ2) is 16.8. The van der Waals surface area contributed by atoms with Crippen molar-refractivity contribution in [2.45, 2.75) is 56.0 Å². The van der Waals surface area contributed by atoms with Crippen molar-refractivity contribution >= 4 is 33.4 Å². The molecule has 1 N–H and O–H groups in total. The first-order valence-corrected chi connectivity index (χ1v) is 18.1. The molecule has 48 heavy (non-hydrogen) atoms. The molecular formula is C38H42ClN3O5S. The van der Waals surface area contributed by atoms with E-state index in [-0.39, 0.29) is 29.7 Å². The average molecular weight is 688 g/mol. The van der Waals surface area contributed by atoms with Crippen LogP contribution in [0.15, 0.2) is 108 Å². The molecule has 1 aliphatic heterocycles. The molecule has 1 heterocycles. The van der Waals surface area contributed by atoms with E-state index < -0.39 is 16.1 Å². The highest BCUT2D eigenvalue weighted by Gasteiger charge is 2.30. The molecule has 0 unspecified atom stereocenters. The Balaban J connectivity index is 1.33. The van der Waals surface area contributed by atoms with E-state index in [2.05, 4.69) is 5.32 Å². The van der Waals surface area contributed by atoms with Gasteiger partial charge in [0.1, 0.15) is 11.8 Å². The van der Waals surface area contributed by atoms with Gasteiger partial charge in [-0.1, -0.05) is 78.3 Å². The number of carbonyl (C=O) groups is 2. The molecule has 0 saturated carbocycles. The van der Waals surface area contributed by atoms with Gasteiger partial charge in [-0.05, 0) is 84.3 Å². The van der Waals surface area contributed by atoms with Gasteiger partial charge in [-0.25, -0.2) is 8.42 Å². The first-order valence-electron chi connectivity index (χ1n) is 16.3. The normalized spacial score (nSPS) is 14.0. The molecule has 0 radical (unpaired) electrons. The van der Waals surface area contributed by atoms with Crippen molar-refractivity contribution < 1.29 is 22.7 Å². The van der Waals surface area contributed by atoms with Crippen molar-refractivity contribution in [2.24, 2.45) is 0 Å². The lowest BCUT2D eigenvalue weighted by atomic mass is 10.0. The van der Waals surface area contributed by atoms with Crippen molar-refractivity contribution in [3.63, 3.8) is 0 Å². The lowest BCUT2D eigenvalue weighted by molar-refractivity contribution is -0.141. The van der Waals surface area contributed by atoms with Crippen LogP contribution in [0.1, 0.15) is 41.5 Å². The van der Waals surface area contributed by atoms with E-state index in [0.717, 1.165) is 40.8 Å². The number of amides is 2. The number of nitrogens with one attached hydrogen (secondary N) is 1. The molecule has 0 spiro atoms. The number of nitrogens with zero attached hydrogens (tertiary/aromatic N) is 2. The van der Waals surface area contributed by atoms with Crippen molar-refractivity contribution in [3.8, 4) is 5.75 Å². The minimum atomic E-state index is -3.52. The van der Waals surface area contributed by atoms with E-state index in [4.69, 9.17) is 16.3 Å². The molecule has 0 bridgehead atoms. The van der Waals surface area contributed by atoms with Gasteiger partial charge in [-0.3, -0.25) is 9.59 Å². The molecule has 2 amide bonds. The number of sulfonamides is 1. The number of aryl methyl sites for hydroxylation is 1. The Kier molecular flexibility index (Phi) is 12.3. The zero-order chi connectivity index (χ0) is 33.9. The summed E-state index contributed by atoms with van der Waals surface area (Å²) in [6, 6.07) is 30.7. The Morgan fingerprint density at radius 1 is 0.812 bits per heavy atom. The fourth-order valence-electron chi connectivity index (χ4n) is 5.88. The van der Waals surface area contributed by atoms with Crippen LogP contribution in [0.3, 0.4) is 0 Å². The SMILES string of the molecule is COc1ccc(CCNC(=O)[C@H](Cc2ccccc2)N(Cc2ccc(Cl)cc2)C(=O)CCc2ccc(S(=O)(=O)N3CCCC3)cc2)cc1. The Morgan fingerprint density at radius 3 is 2.06 bits per heavy atom. The molecular weight excluding hydrogens is 646 g/mol. The molecule has 4 aromatic carbocycles. The fourth-order valence-corrected chi connectivity index (χ4v) is 7.52. The minimum Gasteiger partial charge on any atom is -0.497 e. The summed E-state index contributed by atoms with van der Waals surface area (Å²) in [6.45, 7) is 1.72. The van der Waals surface area contributed by atoms with Gasteiger partial charge in [-0.2, -0.15) is 4.31 Å². The first-order chi connectivity index (χ1) is 23.2. The number of hydrogen-bond acceptors (Lipinski definition) is 5. The second-order valence-corrected chi connectivity index (χ2v) is 14.4. The van der Waals surface area contributed by atoms with E-state index in [9.17, 15) is 18.0 Å². The smallest absolute Gasteiger partial charge is 0.243 e. The highest BCUT2D eigenvalue weighted by Crippen LogP contribution is 2.23. The molecule has 1 fully saturated rings. The van der Waals surface area contributed by atoms with E-state index in [1.165, 1.54) is 4.31 Å². The Morgan fingerprint density at radius 2 is 1.42 bits per heavy atom. The van der Waals surface area contributed by atoms with Crippen LogP contribution in [0.4, 0.5) is 0 Å². The van der Waals surface area contributed by atoms with Gasteiger partial charge in [0.05, 0.1) is 12.0 Å². The largest absolute Gasteiger partial charge is 0.497 e. The lowest BCUT2D eigenvalue weighted by Gasteiger charge is -2.32. The maximum Gasteiger partial charge on any atom is 0.243 e. The number of halogens is 1. The maximum atomic E-state index is 14.1. The summed E-state index contributed by atoms with van der Waals surface area (Å²) in [5.74, 6) is 0.362. The Labute approximate surface area is 288 Å². The number of hydrogen-bond donors (Lipinski definition) is 1. The predicted molar refractivity (Wildman–Crippen MR) is 188 cm³/mol. The third-order valence-corrected chi connectivity index (χ3v) is 10.8. The molecule has 1 atom stereocenters. The summed E-state index contributed by atoms with van der Waals surface area (Å²) in [5.41, 5.74) is 3.70. The summed E-state index contributed by atoms with van der Waals surface area (Å²) < 4.78 is 32.7. The van der Waals surface area contributed by atoms with E-state index in [0.29, 0.717) is 43.9 Å². The van der Waals surface area contributed by atoms with Crippen LogP contribution >= 0.6 is 11.6 Å². The summed E-state index contributed by atoms with van der Waals surface area (Å²) in [4.78, 5) is 29.9. The van der Waals surface area contributed by atoms with Gasteiger partial charge >= 0.3 is 0 Å². The molecule has 10 heteroatoms. The van der Waals surface area contributed by atoms with Crippen molar-refractivity contribution in [1.82, 2.24) is 14.5 Å². The second-order valence-electron chi connectivity index (χ2n) is 12.0. The van der Waals surface area contributed by atoms with Gasteiger partial charge in [-0.15, -0.1) is 0 Å². The van der Waals surface area contributed by atoms with E-state index in [1.807, 2.05) is 66.7 Å². The number of ether oxygens (including phenoxy) is 1. The number of carbonyl (C=O) groups excluding carboxylic acids is 2. The quantitative estimate of drug-likeness (QED) is 0.164. The van der Waals surface area contributed by atoms with Crippen molar-refractivity contribution in [1.29, 1.82) is 0 Å². The highest BCUT2D eigenvalue weighted by atomic mass is 35.5. The van der Waals surface area contributed by atoms with Gasteiger partial charge in [0.25, 0.3) is 0 Å². The monoisotopic (exact) mass is 687 g/mol. The van der Waals surface area contributed by atoms with E-state index in [1.54, 1.807) is 48.4 Å². The Bertz CT molecular complexity index is 1740. The van der Waals surface area contributed by atoms with Gasteiger partial charge in [0.2, 0.25) is 21.8 Å². The molecule has 4 aromatic rings. The van der Waals surface area contributed by atoms with Gasteiger partial charge < -0.3 is 15.0 Å². The van der Waals surface area contributed by atoms with Crippen LogP contribution in [0, 0.1) is 0 Å². The molecule has 0 aromatic heterocycles. The topological polar surface area (TPSA) is 96.0 Å². The zero-order valence-corrected chi connectivity index (χ0v) is 28.8. The number of rotatable bonds is 15. The van der Waals surface area contributed by atoms with Crippen LogP contribution in [-0.2, 0) is 45.4 Å². The summed E-state index contributed by atoms with van der Waals surface area (Å²) in [7, 11) is -1.90. The number of methoxy groups -OCH3 is 1. The lowest BCUT2D eigenvalue weighted by Crippen LogP contribution is -2.50. The molecule has 0 aliphatic carbocycles. The summed E-state index contributed by atoms with van der Waals surface area (Å²) in [6.07, 6.45) is 3.27. The highest BCUT2D eigenvalue weighted by molar-refractivity contribution is 7.89. The third kappa shape index (κ3) is 9.46. The van der Waals surface area contributed by atoms with E-state index >= 15 is 0 Å². The predicted octanol–water partition coefficient (Wildman–Crippen LogP) is 6.06. The summed E-state index contributed by atoms with van der Waals surface area (Å²) >= 11 is 6.16.